The lowest BCUT2D eigenvalue weighted by atomic mass is 10.1. The van der Waals surface area contributed by atoms with Crippen LogP contribution in [0.3, 0.4) is 0 Å². The average molecular weight is 301 g/mol. The Morgan fingerprint density at radius 1 is 1.48 bits per heavy atom. The lowest BCUT2D eigenvalue weighted by Gasteiger charge is -2.09. The van der Waals surface area contributed by atoms with Gasteiger partial charge in [-0.1, -0.05) is 29.8 Å². The fourth-order valence-corrected chi connectivity index (χ4v) is 3.48. The fraction of sp³-hybridized carbons (Fsp3) is 0.375. The maximum atomic E-state index is 12.0. The van der Waals surface area contributed by atoms with E-state index in [1.54, 1.807) is 11.3 Å². The van der Waals surface area contributed by atoms with Crippen molar-refractivity contribution in [1.82, 2.24) is 10.3 Å². The zero-order valence-electron chi connectivity index (χ0n) is 12.1. The van der Waals surface area contributed by atoms with Gasteiger partial charge in [-0.15, -0.1) is 11.3 Å². The monoisotopic (exact) mass is 301 g/mol. The third-order valence-corrected chi connectivity index (χ3v) is 4.59. The summed E-state index contributed by atoms with van der Waals surface area (Å²) in [6.45, 7) is 3.90. The van der Waals surface area contributed by atoms with Crippen molar-refractivity contribution in [2.24, 2.45) is 0 Å². The van der Waals surface area contributed by atoms with Gasteiger partial charge in [0, 0.05) is 30.8 Å². The highest BCUT2D eigenvalue weighted by molar-refractivity contribution is 7.15. The number of hydrogen-bond donors (Lipinski definition) is 2. The number of amides is 1. The van der Waals surface area contributed by atoms with Crippen LogP contribution in [0.2, 0.25) is 0 Å². The number of aryl methyl sites for hydroxylation is 2. The SMILES string of the molecule is Cc1cccc(CCC(=O)Nc2nc3c(s2)CNCC3)c1. The average Bonchev–Trinajstić information content (AvgIpc) is 2.87. The first-order valence-corrected chi connectivity index (χ1v) is 8.07. The summed E-state index contributed by atoms with van der Waals surface area (Å²) in [5, 5.41) is 6.98. The van der Waals surface area contributed by atoms with Gasteiger partial charge in [0.2, 0.25) is 5.91 Å². The number of anilines is 1. The molecule has 0 radical (unpaired) electrons. The molecule has 0 saturated carbocycles. The molecule has 1 aromatic carbocycles. The van der Waals surface area contributed by atoms with Gasteiger partial charge in [-0.2, -0.15) is 0 Å². The number of carbonyl (C=O) groups excluding carboxylic acids is 1. The van der Waals surface area contributed by atoms with Gasteiger partial charge in [0.15, 0.2) is 5.13 Å². The molecule has 0 saturated heterocycles. The van der Waals surface area contributed by atoms with Crippen molar-refractivity contribution in [1.29, 1.82) is 0 Å². The zero-order chi connectivity index (χ0) is 14.7. The Morgan fingerprint density at radius 3 is 3.19 bits per heavy atom. The van der Waals surface area contributed by atoms with Crippen molar-refractivity contribution in [2.75, 3.05) is 11.9 Å². The summed E-state index contributed by atoms with van der Waals surface area (Å²) in [7, 11) is 0. The summed E-state index contributed by atoms with van der Waals surface area (Å²) in [5.74, 6) is 0.0376. The van der Waals surface area contributed by atoms with E-state index in [4.69, 9.17) is 0 Å². The Morgan fingerprint density at radius 2 is 2.38 bits per heavy atom. The van der Waals surface area contributed by atoms with Gasteiger partial charge < -0.3 is 10.6 Å². The number of carbonyl (C=O) groups is 1. The lowest BCUT2D eigenvalue weighted by Crippen LogP contribution is -2.22. The molecule has 3 rings (SSSR count). The van der Waals surface area contributed by atoms with E-state index in [1.807, 2.05) is 6.07 Å². The summed E-state index contributed by atoms with van der Waals surface area (Å²) < 4.78 is 0. The minimum atomic E-state index is 0.0376. The number of thiazole rings is 1. The molecule has 2 N–H and O–H groups in total. The molecule has 1 amide bonds. The van der Waals surface area contributed by atoms with Crippen LogP contribution in [0.5, 0.6) is 0 Å². The molecule has 0 fully saturated rings. The highest BCUT2D eigenvalue weighted by Crippen LogP contribution is 2.25. The predicted octanol–water partition coefficient (Wildman–Crippen LogP) is 2.67. The largest absolute Gasteiger partial charge is 0.311 e. The number of aromatic nitrogens is 1. The van der Waals surface area contributed by atoms with Gasteiger partial charge >= 0.3 is 0 Å². The second kappa shape index (κ2) is 6.37. The molecule has 2 aromatic rings. The van der Waals surface area contributed by atoms with Crippen LogP contribution in [0.15, 0.2) is 24.3 Å². The van der Waals surface area contributed by atoms with E-state index in [1.165, 1.54) is 16.0 Å². The van der Waals surface area contributed by atoms with Crippen molar-refractivity contribution >= 4 is 22.4 Å². The van der Waals surface area contributed by atoms with Crippen LogP contribution in [-0.2, 0) is 24.2 Å². The molecule has 1 aliphatic rings. The molecule has 0 unspecified atom stereocenters. The molecule has 5 heteroatoms. The Bertz CT molecular complexity index is 627. The quantitative estimate of drug-likeness (QED) is 0.913. The first-order chi connectivity index (χ1) is 10.2. The van der Waals surface area contributed by atoms with Gasteiger partial charge in [-0.05, 0) is 18.9 Å². The van der Waals surface area contributed by atoms with E-state index in [9.17, 15) is 4.79 Å². The molecule has 0 spiro atoms. The Labute approximate surface area is 128 Å². The molecule has 0 atom stereocenters. The minimum absolute atomic E-state index is 0.0376. The summed E-state index contributed by atoms with van der Waals surface area (Å²) in [5.41, 5.74) is 3.56. The second-order valence-corrected chi connectivity index (χ2v) is 6.44. The molecule has 0 bridgehead atoms. The van der Waals surface area contributed by atoms with Gasteiger partial charge in [-0.3, -0.25) is 4.79 Å². The van der Waals surface area contributed by atoms with E-state index < -0.39 is 0 Å². The van der Waals surface area contributed by atoms with E-state index in [0.29, 0.717) is 6.42 Å². The summed E-state index contributed by atoms with van der Waals surface area (Å²) in [4.78, 5) is 17.8. The molecule has 2 heterocycles. The van der Waals surface area contributed by atoms with E-state index in [2.05, 4.69) is 40.7 Å². The Hall–Kier alpha value is -1.72. The summed E-state index contributed by atoms with van der Waals surface area (Å²) in [6.07, 6.45) is 2.21. The van der Waals surface area contributed by atoms with Crippen molar-refractivity contribution < 1.29 is 4.79 Å². The van der Waals surface area contributed by atoms with Gasteiger partial charge in [0.1, 0.15) is 0 Å². The number of nitrogens with zero attached hydrogens (tertiary/aromatic N) is 1. The molecular weight excluding hydrogens is 282 g/mol. The standard InChI is InChI=1S/C16H19N3OS/c1-11-3-2-4-12(9-11)5-6-15(20)19-16-18-13-7-8-17-10-14(13)21-16/h2-4,9,17H,5-8,10H2,1H3,(H,18,19,20). The third kappa shape index (κ3) is 3.68. The number of fused-ring (bicyclic) bond motifs is 1. The number of hydrogen-bond acceptors (Lipinski definition) is 4. The van der Waals surface area contributed by atoms with Crippen molar-refractivity contribution in [3.63, 3.8) is 0 Å². The molecule has 1 aliphatic heterocycles. The molecule has 21 heavy (non-hydrogen) atoms. The number of nitrogens with one attached hydrogen (secondary N) is 2. The van der Waals surface area contributed by atoms with Crippen molar-refractivity contribution in [3.8, 4) is 0 Å². The van der Waals surface area contributed by atoms with Crippen LogP contribution in [0.1, 0.15) is 28.1 Å². The lowest BCUT2D eigenvalue weighted by molar-refractivity contribution is -0.116. The van der Waals surface area contributed by atoms with E-state index in [-0.39, 0.29) is 5.91 Å². The predicted molar refractivity (Wildman–Crippen MR) is 85.7 cm³/mol. The van der Waals surface area contributed by atoms with Gasteiger partial charge in [0.05, 0.1) is 5.69 Å². The maximum Gasteiger partial charge on any atom is 0.226 e. The van der Waals surface area contributed by atoms with Crippen LogP contribution in [0, 0.1) is 6.92 Å². The fourth-order valence-electron chi connectivity index (χ4n) is 2.49. The topological polar surface area (TPSA) is 54.0 Å². The molecule has 1 aromatic heterocycles. The van der Waals surface area contributed by atoms with Crippen LogP contribution in [0.25, 0.3) is 0 Å². The van der Waals surface area contributed by atoms with E-state index in [0.717, 1.165) is 36.8 Å². The first kappa shape index (κ1) is 14.2. The highest BCUT2D eigenvalue weighted by Gasteiger charge is 2.15. The first-order valence-electron chi connectivity index (χ1n) is 7.25. The molecule has 110 valence electrons. The normalized spacial score (nSPS) is 13.8. The van der Waals surface area contributed by atoms with Gasteiger partial charge in [-0.25, -0.2) is 4.98 Å². The van der Waals surface area contributed by atoms with Crippen molar-refractivity contribution in [2.45, 2.75) is 32.7 Å². The van der Waals surface area contributed by atoms with Crippen LogP contribution >= 0.6 is 11.3 Å². The van der Waals surface area contributed by atoms with E-state index >= 15 is 0 Å². The molecule has 4 nitrogen and oxygen atoms in total. The number of benzene rings is 1. The zero-order valence-corrected chi connectivity index (χ0v) is 12.9. The number of rotatable bonds is 4. The van der Waals surface area contributed by atoms with Crippen molar-refractivity contribution in [3.05, 3.63) is 46.0 Å². The molecular formula is C16H19N3OS. The summed E-state index contributed by atoms with van der Waals surface area (Å²) >= 11 is 1.58. The third-order valence-electron chi connectivity index (χ3n) is 3.57. The smallest absolute Gasteiger partial charge is 0.226 e. The second-order valence-electron chi connectivity index (χ2n) is 5.35. The maximum absolute atomic E-state index is 12.0. The van der Waals surface area contributed by atoms with Crippen LogP contribution in [-0.4, -0.2) is 17.4 Å². The van der Waals surface area contributed by atoms with Crippen LogP contribution in [0.4, 0.5) is 5.13 Å². The highest BCUT2D eigenvalue weighted by atomic mass is 32.1. The minimum Gasteiger partial charge on any atom is -0.311 e. The Balaban J connectivity index is 1.55. The summed E-state index contributed by atoms with van der Waals surface area (Å²) in [6, 6.07) is 8.29. The Kier molecular flexibility index (Phi) is 4.31. The van der Waals surface area contributed by atoms with Crippen LogP contribution < -0.4 is 10.6 Å². The van der Waals surface area contributed by atoms with Gasteiger partial charge in [0.25, 0.3) is 0 Å². The molecule has 0 aliphatic carbocycles.